The highest BCUT2D eigenvalue weighted by molar-refractivity contribution is 5.96. The standard InChI is InChI=1S/C28H29F3N8O2/c1-17-33-25(26(41-17)28(29,30)31)22(40)14-18-2-4-19(5-3-18)16-38-10-12-39(13-11-38)27-32-9-8-23(35-27)34-24-15-21(36-37-24)20-6-7-20/h2-5,8-9,15,20H,6-7,10-14,16H2,1H3,(H2,32,34,35,36,37). The number of Topliss-reactive ketones (excluding diaryl/α,β-unsaturated/α-hetero) is 1. The van der Waals surface area contributed by atoms with Crippen molar-refractivity contribution in [2.45, 2.75) is 44.8 Å². The highest BCUT2D eigenvalue weighted by atomic mass is 19.4. The molecule has 41 heavy (non-hydrogen) atoms. The van der Waals surface area contributed by atoms with Gasteiger partial charge in [0, 0.05) is 69.9 Å². The molecule has 2 N–H and O–H groups in total. The number of aryl methyl sites for hydroxylation is 1. The van der Waals surface area contributed by atoms with E-state index in [1.54, 1.807) is 18.3 Å². The lowest BCUT2D eigenvalue weighted by Crippen LogP contribution is -2.46. The summed E-state index contributed by atoms with van der Waals surface area (Å²) in [6.45, 7) is 5.17. The van der Waals surface area contributed by atoms with Crippen LogP contribution in [0.25, 0.3) is 0 Å². The van der Waals surface area contributed by atoms with Crippen LogP contribution >= 0.6 is 0 Å². The summed E-state index contributed by atoms with van der Waals surface area (Å²) >= 11 is 0. The van der Waals surface area contributed by atoms with Gasteiger partial charge in [0.2, 0.25) is 11.7 Å². The van der Waals surface area contributed by atoms with Crippen LogP contribution < -0.4 is 10.2 Å². The van der Waals surface area contributed by atoms with Crippen LogP contribution in [0.5, 0.6) is 0 Å². The lowest BCUT2D eigenvalue weighted by Gasteiger charge is -2.34. The van der Waals surface area contributed by atoms with Gasteiger partial charge in [-0.25, -0.2) is 9.97 Å². The predicted molar refractivity (Wildman–Crippen MR) is 144 cm³/mol. The quantitative estimate of drug-likeness (QED) is 0.273. The Morgan fingerprint density at radius 2 is 1.78 bits per heavy atom. The van der Waals surface area contributed by atoms with Gasteiger partial charge in [-0.2, -0.15) is 23.3 Å². The number of nitrogens with zero attached hydrogens (tertiary/aromatic N) is 6. The lowest BCUT2D eigenvalue weighted by atomic mass is 10.0. The fourth-order valence-electron chi connectivity index (χ4n) is 4.91. The van der Waals surface area contributed by atoms with Crippen LogP contribution in [0.2, 0.25) is 0 Å². The van der Waals surface area contributed by atoms with Gasteiger partial charge in [-0.15, -0.1) is 0 Å². The van der Waals surface area contributed by atoms with Gasteiger partial charge < -0.3 is 14.6 Å². The van der Waals surface area contributed by atoms with Crippen molar-refractivity contribution in [3.05, 3.63) is 76.8 Å². The third-order valence-electron chi connectivity index (χ3n) is 7.22. The number of carbonyl (C=O) groups excluding carboxylic acids is 1. The van der Waals surface area contributed by atoms with Crippen LogP contribution in [0.3, 0.4) is 0 Å². The third-order valence-corrected chi connectivity index (χ3v) is 7.22. The molecule has 3 aromatic heterocycles. The number of anilines is 3. The molecular formula is C28H29F3N8O2. The maximum absolute atomic E-state index is 13.2. The summed E-state index contributed by atoms with van der Waals surface area (Å²) in [5.41, 5.74) is 2.14. The van der Waals surface area contributed by atoms with Crippen molar-refractivity contribution < 1.29 is 22.4 Å². The Kier molecular flexibility index (Phi) is 7.20. The summed E-state index contributed by atoms with van der Waals surface area (Å²) < 4.78 is 44.2. The molecule has 0 bridgehead atoms. The number of oxazole rings is 1. The summed E-state index contributed by atoms with van der Waals surface area (Å²) in [4.78, 5) is 29.8. The fraction of sp³-hybridized carbons (Fsp3) is 0.393. The average Bonchev–Trinajstić information content (AvgIpc) is 3.56. The Morgan fingerprint density at radius 1 is 1.05 bits per heavy atom. The topological polar surface area (TPSA) is 116 Å². The van der Waals surface area contributed by atoms with Gasteiger partial charge in [-0.1, -0.05) is 24.3 Å². The Labute approximate surface area is 234 Å². The number of rotatable bonds is 9. The van der Waals surface area contributed by atoms with Crippen LogP contribution in [0.1, 0.15) is 57.7 Å². The first-order chi connectivity index (χ1) is 19.7. The number of benzene rings is 1. The number of carbonyl (C=O) groups is 1. The van der Waals surface area contributed by atoms with Gasteiger partial charge in [-0.05, 0) is 30.0 Å². The Bertz CT molecular complexity index is 1520. The zero-order valence-corrected chi connectivity index (χ0v) is 22.4. The van der Waals surface area contributed by atoms with E-state index in [4.69, 9.17) is 0 Å². The van der Waals surface area contributed by atoms with Crippen LogP contribution in [0.15, 0.2) is 47.0 Å². The van der Waals surface area contributed by atoms with Crippen molar-refractivity contribution in [1.82, 2.24) is 30.0 Å². The van der Waals surface area contributed by atoms with Crippen molar-refractivity contribution in [2.24, 2.45) is 0 Å². The van der Waals surface area contributed by atoms with Crippen LogP contribution in [0.4, 0.5) is 30.8 Å². The molecule has 2 aliphatic rings. The molecule has 2 fully saturated rings. The third kappa shape index (κ3) is 6.40. The molecule has 0 atom stereocenters. The smallest absolute Gasteiger partial charge is 0.436 e. The molecule has 4 heterocycles. The Balaban J connectivity index is 1.00. The first-order valence-corrected chi connectivity index (χ1v) is 13.5. The molecule has 6 rings (SSSR count). The van der Waals surface area contributed by atoms with E-state index < -0.39 is 23.4 Å². The van der Waals surface area contributed by atoms with E-state index in [9.17, 15) is 18.0 Å². The monoisotopic (exact) mass is 566 g/mol. The minimum absolute atomic E-state index is 0.191. The van der Waals surface area contributed by atoms with Gasteiger partial charge in [0.15, 0.2) is 23.2 Å². The maximum Gasteiger partial charge on any atom is 0.452 e. The van der Waals surface area contributed by atoms with E-state index in [0.29, 0.717) is 29.8 Å². The van der Waals surface area contributed by atoms with E-state index in [1.165, 1.54) is 19.8 Å². The second-order valence-corrected chi connectivity index (χ2v) is 10.4. The Morgan fingerprint density at radius 3 is 2.49 bits per heavy atom. The van der Waals surface area contributed by atoms with E-state index in [1.807, 2.05) is 24.3 Å². The Hall–Kier alpha value is -4.26. The number of aromatic amines is 1. The highest BCUT2D eigenvalue weighted by Gasteiger charge is 2.41. The number of halogens is 3. The molecule has 214 valence electrons. The number of alkyl halides is 3. The number of aromatic nitrogens is 5. The van der Waals surface area contributed by atoms with Gasteiger partial charge in [0.25, 0.3) is 0 Å². The number of piperazine rings is 1. The number of hydrogen-bond acceptors (Lipinski definition) is 9. The number of ketones is 1. The SMILES string of the molecule is Cc1nc(C(=O)Cc2ccc(CN3CCN(c4nccc(Nc5cc(C6CC6)[nH]n5)n4)CC3)cc2)c(C(F)(F)F)o1. The average molecular weight is 567 g/mol. The van der Waals surface area contributed by atoms with Crippen molar-refractivity contribution in [1.29, 1.82) is 0 Å². The summed E-state index contributed by atoms with van der Waals surface area (Å²) in [6.07, 6.45) is -0.810. The van der Waals surface area contributed by atoms with Crippen molar-refractivity contribution >= 4 is 23.4 Å². The zero-order valence-electron chi connectivity index (χ0n) is 22.4. The number of H-pyrrole nitrogens is 1. The van der Waals surface area contributed by atoms with Crippen molar-refractivity contribution in [2.75, 3.05) is 36.4 Å². The minimum Gasteiger partial charge on any atom is -0.436 e. The molecule has 1 aliphatic heterocycles. The van der Waals surface area contributed by atoms with E-state index in [-0.39, 0.29) is 12.3 Å². The molecule has 10 nitrogen and oxygen atoms in total. The second kappa shape index (κ2) is 11.0. The molecule has 13 heteroatoms. The van der Waals surface area contributed by atoms with E-state index in [2.05, 4.69) is 44.7 Å². The van der Waals surface area contributed by atoms with Crippen LogP contribution in [0, 0.1) is 6.92 Å². The minimum atomic E-state index is -4.77. The summed E-state index contributed by atoms with van der Waals surface area (Å²) in [5, 5.41) is 10.7. The molecular weight excluding hydrogens is 537 g/mol. The largest absolute Gasteiger partial charge is 0.452 e. The predicted octanol–water partition coefficient (Wildman–Crippen LogP) is 4.88. The normalized spacial score (nSPS) is 16.2. The first-order valence-electron chi connectivity index (χ1n) is 13.5. The van der Waals surface area contributed by atoms with Gasteiger partial charge in [0.1, 0.15) is 5.82 Å². The van der Waals surface area contributed by atoms with Crippen molar-refractivity contribution in [3.63, 3.8) is 0 Å². The van der Waals surface area contributed by atoms with Crippen LogP contribution in [-0.4, -0.2) is 62.0 Å². The second-order valence-electron chi connectivity index (χ2n) is 10.4. The molecule has 0 radical (unpaired) electrons. The zero-order chi connectivity index (χ0) is 28.6. The molecule has 0 spiro atoms. The summed E-state index contributed by atoms with van der Waals surface area (Å²) in [6, 6.07) is 11.2. The molecule has 4 aromatic rings. The van der Waals surface area contributed by atoms with Gasteiger partial charge >= 0.3 is 6.18 Å². The lowest BCUT2D eigenvalue weighted by molar-refractivity contribution is -0.153. The number of nitrogens with one attached hydrogen (secondary N) is 2. The molecule has 1 saturated carbocycles. The molecule has 1 aromatic carbocycles. The van der Waals surface area contributed by atoms with Crippen molar-refractivity contribution in [3.8, 4) is 0 Å². The van der Waals surface area contributed by atoms with Crippen LogP contribution in [-0.2, 0) is 19.1 Å². The van der Waals surface area contributed by atoms with Gasteiger partial charge in [0.05, 0.1) is 0 Å². The fourth-order valence-corrected chi connectivity index (χ4v) is 4.91. The number of hydrogen-bond donors (Lipinski definition) is 2. The van der Waals surface area contributed by atoms with Gasteiger partial charge in [-0.3, -0.25) is 14.8 Å². The first kappa shape index (κ1) is 26.9. The maximum atomic E-state index is 13.2. The highest BCUT2D eigenvalue weighted by Crippen LogP contribution is 2.39. The molecule has 0 unspecified atom stereocenters. The van der Waals surface area contributed by atoms with E-state index in [0.717, 1.165) is 43.3 Å². The molecule has 0 amide bonds. The van der Waals surface area contributed by atoms with E-state index >= 15 is 0 Å². The summed E-state index contributed by atoms with van der Waals surface area (Å²) in [7, 11) is 0. The molecule has 1 aliphatic carbocycles. The summed E-state index contributed by atoms with van der Waals surface area (Å²) in [5.74, 6) is 0.438. The molecule has 1 saturated heterocycles.